The zero-order valence-electron chi connectivity index (χ0n) is 11.9. The molecule has 0 spiro atoms. The number of thiophene rings is 1. The van der Waals surface area contributed by atoms with Gasteiger partial charge in [0.1, 0.15) is 0 Å². The highest BCUT2D eigenvalue weighted by atomic mass is 32.1. The Kier molecular flexibility index (Phi) is 4.31. The molecule has 2 aromatic heterocycles. The molecule has 7 heteroatoms. The summed E-state index contributed by atoms with van der Waals surface area (Å²) in [7, 11) is 1.35. The lowest BCUT2D eigenvalue weighted by Crippen LogP contribution is -2.34. The highest BCUT2D eigenvalue weighted by molar-refractivity contribution is 7.07. The van der Waals surface area contributed by atoms with Crippen LogP contribution in [0, 0.1) is 0 Å². The summed E-state index contributed by atoms with van der Waals surface area (Å²) in [6.07, 6.45) is 3.73. The predicted octanol–water partition coefficient (Wildman–Crippen LogP) is 1.96. The largest absolute Gasteiger partial charge is 0.464 e. The van der Waals surface area contributed by atoms with E-state index in [2.05, 4.69) is 36.8 Å². The molecule has 0 radical (unpaired) electrons. The van der Waals surface area contributed by atoms with E-state index in [0.717, 1.165) is 32.5 Å². The number of piperidine rings is 1. The van der Waals surface area contributed by atoms with Gasteiger partial charge in [-0.25, -0.2) is 9.48 Å². The third-order valence-corrected chi connectivity index (χ3v) is 4.55. The number of esters is 1. The van der Waals surface area contributed by atoms with Gasteiger partial charge in [0.05, 0.1) is 19.3 Å². The van der Waals surface area contributed by atoms with Crippen LogP contribution < -0.4 is 0 Å². The number of likely N-dealkylation sites (tertiary alicyclic amines) is 1. The zero-order chi connectivity index (χ0) is 14.7. The second kappa shape index (κ2) is 6.36. The van der Waals surface area contributed by atoms with E-state index in [1.807, 2.05) is 0 Å². The molecule has 1 aliphatic rings. The fourth-order valence-corrected chi connectivity index (χ4v) is 3.30. The van der Waals surface area contributed by atoms with Crippen molar-refractivity contribution in [2.24, 2.45) is 0 Å². The molecule has 0 aromatic carbocycles. The number of hydrogen-bond acceptors (Lipinski definition) is 6. The smallest absolute Gasteiger partial charge is 0.360 e. The van der Waals surface area contributed by atoms with Crippen molar-refractivity contribution in [3.63, 3.8) is 0 Å². The number of rotatable bonds is 4. The topological polar surface area (TPSA) is 60.2 Å². The van der Waals surface area contributed by atoms with Crippen LogP contribution in [0.2, 0.25) is 0 Å². The highest BCUT2D eigenvalue weighted by Gasteiger charge is 2.22. The van der Waals surface area contributed by atoms with Gasteiger partial charge in [-0.2, -0.15) is 11.3 Å². The molecule has 0 N–H and O–H groups in total. The maximum atomic E-state index is 11.4. The summed E-state index contributed by atoms with van der Waals surface area (Å²) in [4.78, 5) is 13.8. The lowest BCUT2D eigenvalue weighted by Gasteiger charge is -2.31. The third-order valence-electron chi connectivity index (χ3n) is 3.82. The molecule has 0 atom stereocenters. The second-order valence-corrected chi connectivity index (χ2v) is 5.99. The first-order chi connectivity index (χ1) is 10.3. The number of carbonyl (C=O) groups is 1. The van der Waals surface area contributed by atoms with E-state index in [4.69, 9.17) is 0 Å². The van der Waals surface area contributed by atoms with Crippen LogP contribution in [-0.4, -0.2) is 46.1 Å². The van der Waals surface area contributed by atoms with Gasteiger partial charge in [0.15, 0.2) is 5.69 Å². The van der Waals surface area contributed by atoms with E-state index >= 15 is 0 Å². The van der Waals surface area contributed by atoms with Gasteiger partial charge in [0, 0.05) is 19.6 Å². The van der Waals surface area contributed by atoms with Crippen molar-refractivity contribution in [1.82, 2.24) is 19.9 Å². The Hall–Kier alpha value is -1.73. The maximum Gasteiger partial charge on any atom is 0.360 e. The monoisotopic (exact) mass is 306 g/mol. The van der Waals surface area contributed by atoms with E-state index in [1.165, 1.54) is 12.7 Å². The fraction of sp³-hybridized carbons (Fsp3) is 0.500. The minimum Gasteiger partial charge on any atom is -0.464 e. The first-order valence-electron chi connectivity index (χ1n) is 7.00. The Morgan fingerprint density at radius 2 is 2.29 bits per heavy atom. The molecule has 6 nitrogen and oxygen atoms in total. The Balaban J connectivity index is 1.55. The quantitative estimate of drug-likeness (QED) is 0.808. The van der Waals surface area contributed by atoms with Crippen molar-refractivity contribution >= 4 is 17.3 Å². The summed E-state index contributed by atoms with van der Waals surface area (Å²) in [5.74, 6) is -0.434. The maximum absolute atomic E-state index is 11.4. The summed E-state index contributed by atoms with van der Waals surface area (Å²) in [6.45, 7) is 3.09. The van der Waals surface area contributed by atoms with Crippen molar-refractivity contribution in [2.75, 3.05) is 20.2 Å². The fourth-order valence-electron chi connectivity index (χ4n) is 2.64. The molecule has 1 aliphatic heterocycles. The van der Waals surface area contributed by atoms with E-state index < -0.39 is 5.97 Å². The van der Waals surface area contributed by atoms with Crippen molar-refractivity contribution in [3.8, 4) is 0 Å². The van der Waals surface area contributed by atoms with E-state index in [0.29, 0.717) is 6.04 Å². The number of nitrogens with zero attached hydrogens (tertiary/aromatic N) is 4. The molecule has 0 amide bonds. The average Bonchev–Trinajstić information content (AvgIpc) is 3.18. The van der Waals surface area contributed by atoms with Crippen LogP contribution in [0.4, 0.5) is 0 Å². The Morgan fingerprint density at radius 1 is 1.48 bits per heavy atom. The van der Waals surface area contributed by atoms with Gasteiger partial charge in [-0.3, -0.25) is 4.90 Å². The van der Waals surface area contributed by atoms with Crippen molar-refractivity contribution in [1.29, 1.82) is 0 Å². The van der Waals surface area contributed by atoms with Crippen LogP contribution in [0.1, 0.15) is 34.9 Å². The molecule has 0 saturated carbocycles. The second-order valence-electron chi connectivity index (χ2n) is 5.21. The molecular formula is C14H18N4O2S. The molecule has 0 bridgehead atoms. The summed E-state index contributed by atoms with van der Waals surface area (Å²) in [6, 6.07) is 2.49. The lowest BCUT2D eigenvalue weighted by atomic mass is 10.0. The van der Waals surface area contributed by atoms with Crippen LogP contribution in [0.25, 0.3) is 0 Å². The standard InChI is InChI=1S/C14H18N4O2S/c1-20-14(19)13-9-18(16-15-13)12-2-5-17(6-3-12)8-11-4-7-21-10-11/h4,7,9-10,12H,2-3,5-6,8H2,1H3. The van der Waals surface area contributed by atoms with E-state index in [9.17, 15) is 4.79 Å². The summed E-state index contributed by atoms with van der Waals surface area (Å²) in [5.41, 5.74) is 1.66. The minimum atomic E-state index is -0.434. The molecule has 2 aromatic rings. The highest BCUT2D eigenvalue weighted by Crippen LogP contribution is 2.23. The average molecular weight is 306 g/mol. The van der Waals surface area contributed by atoms with Crippen LogP contribution >= 0.6 is 11.3 Å². The predicted molar refractivity (Wildman–Crippen MR) is 79.2 cm³/mol. The van der Waals surface area contributed by atoms with Crippen LogP contribution in [-0.2, 0) is 11.3 Å². The minimum absolute atomic E-state index is 0.276. The summed E-state index contributed by atoms with van der Waals surface area (Å²) < 4.78 is 6.45. The number of aromatic nitrogens is 3. The third kappa shape index (κ3) is 3.30. The van der Waals surface area contributed by atoms with Crippen molar-refractivity contribution in [3.05, 3.63) is 34.3 Å². The first kappa shape index (κ1) is 14.2. The van der Waals surface area contributed by atoms with Gasteiger partial charge < -0.3 is 4.74 Å². The van der Waals surface area contributed by atoms with Crippen LogP contribution in [0.3, 0.4) is 0 Å². The normalized spacial score (nSPS) is 17.0. The van der Waals surface area contributed by atoms with E-state index in [-0.39, 0.29) is 5.69 Å². The summed E-state index contributed by atoms with van der Waals surface area (Å²) in [5, 5.41) is 12.2. The van der Waals surface area contributed by atoms with Crippen molar-refractivity contribution < 1.29 is 9.53 Å². The number of hydrogen-bond donors (Lipinski definition) is 0. The van der Waals surface area contributed by atoms with Gasteiger partial charge in [0.2, 0.25) is 0 Å². The molecule has 3 rings (SSSR count). The zero-order valence-corrected chi connectivity index (χ0v) is 12.8. The van der Waals surface area contributed by atoms with Gasteiger partial charge in [-0.05, 0) is 35.2 Å². The molecule has 0 unspecified atom stereocenters. The first-order valence-corrected chi connectivity index (χ1v) is 7.94. The van der Waals surface area contributed by atoms with E-state index in [1.54, 1.807) is 22.2 Å². The molecule has 112 valence electrons. The molecule has 0 aliphatic carbocycles. The molecule has 1 fully saturated rings. The van der Waals surface area contributed by atoms with Gasteiger partial charge in [0.25, 0.3) is 0 Å². The summed E-state index contributed by atoms with van der Waals surface area (Å²) >= 11 is 1.74. The molecule has 21 heavy (non-hydrogen) atoms. The molecular weight excluding hydrogens is 288 g/mol. The van der Waals surface area contributed by atoms with Gasteiger partial charge in [-0.15, -0.1) is 5.10 Å². The lowest BCUT2D eigenvalue weighted by molar-refractivity contribution is 0.0594. The Labute approximate surface area is 127 Å². The SMILES string of the molecule is COC(=O)c1cn(C2CCN(Cc3ccsc3)CC2)nn1. The molecule has 3 heterocycles. The van der Waals surface area contributed by atoms with Crippen LogP contribution in [0.15, 0.2) is 23.0 Å². The molecule has 1 saturated heterocycles. The van der Waals surface area contributed by atoms with Crippen molar-refractivity contribution in [2.45, 2.75) is 25.4 Å². The number of carbonyl (C=O) groups excluding carboxylic acids is 1. The number of methoxy groups -OCH3 is 1. The van der Waals surface area contributed by atoms with Crippen LogP contribution in [0.5, 0.6) is 0 Å². The Morgan fingerprint density at radius 3 is 2.95 bits per heavy atom. The Bertz CT molecular complexity index is 588. The van der Waals surface area contributed by atoms with Gasteiger partial charge in [-0.1, -0.05) is 5.21 Å². The van der Waals surface area contributed by atoms with Gasteiger partial charge >= 0.3 is 5.97 Å². The number of ether oxygens (including phenoxy) is 1.